The molecule has 146 valence electrons. The molecule has 0 atom stereocenters. The maximum Gasteiger partial charge on any atom is 0.325 e. The minimum atomic E-state index is -0.316. The van der Waals surface area contributed by atoms with E-state index in [0.717, 1.165) is 11.4 Å². The second kappa shape index (κ2) is 7.85. The molecule has 0 saturated carbocycles. The average Bonchev–Trinajstić information content (AvgIpc) is 3.17. The highest BCUT2D eigenvalue weighted by Crippen LogP contribution is 2.23. The van der Waals surface area contributed by atoms with Gasteiger partial charge in [0.25, 0.3) is 0 Å². The van der Waals surface area contributed by atoms with Crippen LogP contribution in [0, 0.1) is 0 Å². The largest absolute Gasteiger partial charge is 0.494 e. The highest BCUT2D eigenvalue weighted by molar-refractivity contribution is 5.97. The van der Waals surface area contributed by atoms with Crippen LogP contribution in [0.4, 0.5) is 10.5 Å². The number of nitrogens with one attached hydrogen (secondary N) is 1. The SMILES string of the molecule is CCOc1ccc(N2CCN(CC(=O)NCC3=NCC(C)(C)O3)C2=O)cc1. The van der Waals surface area contributed by atoms with Gasteiger partial charge in [-0.25, -0.2) is 9.79 Å². The second-order valence-electron chi connectivity index (χ2n) is 7.13. The quantitative estimate of drug-likeness (QED) is 0.787. The van der Waals surface area contributed by atoms with E-state index in [1.165, 1.54) is 4.90 Å². The predicted octanol–water partition coefficient (Wildman–Crippen LogP) is 1.65. The Balaban J connectivity index is 1.49. The summed E-state index contributed by atoms with van der Waals surface area (Å²) in [5, 5.41) is 2.76. The normalized spacial score (nSPS) is 18.3. The average molecular weight is 374 g/mol. The maximum absolute atomic E-state index is 12.6. The van der Waals surface area contributed by atoms with E-state index in [9.17, 15) is 9.59 Å². The van der Waals surface area contributed by atoms with Gasteiger partial charge in [0.1, 0.15) is 17.9 Å². The third-order valence-corrected chi connectivity index (χ3v) is 4.36. The molecule has 0 unspecified atom stereocenters. The first kappa shape index (κ1) is 19.0. The van der Waals surface area contributed by atoms with Gasteiger partial charge in [-0.2, -0.15) is 0 Å². The van der Waals surface area contributed by atoms with Gasteiger partial charge in [-0.1, -0.05) is 0 Å². The van der Waals surface area contributed by atoms with Gasteiger partial charge in [-0.15, -0.1) is 0 Å². The molecule has 0 aliphatic carbocycles. The highest BCUT2D eigenvalue weighted by atomic mass is 16.5. The lowest BCUT2D eigenvalue weighted by Crippen LogP contribution is -2.41. The Hall–Kier alpha value is -2.77. The molecule has 27 heavy (non-hydrogen) atoms. The van der Waals surface area contributed by atoms with E-state index in [1.54, 1.807) is 4.90 Å². The van der Waals surface area contributed by atoms with Crippen molar-refractivity contribution in [1.82, 2.24) is 10.2 Å². The Morgan fingerprint density at radius 2 is 2.04 bits per heavy atom. The molecular formula is C19H26N4O4. The van der Waals surface area contributed by atoms with Crippen molar-refractivity contribution in [2.24, 2.45) is 4.99 Å². The van der Waals surface area contributed by atoms with Gasteiger partial charge in [0.05, 0.1) is 19.7 Å². The molecule has 0 radical (unpaired) electrons. The van der Waals surface area contributed by atoms with Gasteiger partial charge in [0, 0.05) is 18.8 Å². The van der Waals surface area contributed by atoms with Crippen molar-refractivity contribution in [2.45, 2.75) is 26.4 Å². The molecule has 2 aliphatic rings. The molecule has 1 aromatic rings. The molecule has 0 bridgehead atoms. The van der Waals surface area contributed by atoms with Crippen LogP contribution in [0.15, 0.2) is 29.3 Å². The summed E-state index contributed by atoms with van der Waals surface area (Å²) in [6.45, 7) is 8.31. The van der Waals surface area contributed by atoms with E-state index in [0.29, 0.717) is 32.1 Å². The molecule has 8 nitrogen and oxygen atoms in total. The van der Waals surface area contributed by atoms with E-state index in [4.69, 9.17) is 9.47 Å². The first-order valence-electron chi connectivity index (χ1n) is 9.16. The Labute approximate surface area is 159 Å². The number of aliphatic imine (C=N–C) groups is 1. The molecule has 8 heteroatoms. The number of carbonyl (C=O) groups is 2. The Kier molecular flexibility index (Phi) is 5.53. The first-order valence-corrected chi connectivity index (χ1v) is 9.16. The Morgan fingerprint density at radius 1 is 1.30 bits per heavy atom. The first-order chi connectivity index (χ1) is 12.9. The zero-order valence-electron chi connectivity index (χ0n) is 16.0. The minimum absolute atomic E-state index is 0.0169. The van der Waals surface area contributed by atoms with E-state index >= 15 is 0 Å². The summed E-state index contributed by atoms with van der Waals surface area (Å²) in [4.78, 5) is 32.2. The third kappa shape index (κ3) is 4.69. The molecule has 0 spiro atoms. The number of ether oxygens (including phenoxy) is 2. The number of nitrogens with zero attached hydrogens (tertiary/aromatic N) is 3. The molecule has 2 aliphatic heterocycles. The fraction of sp³-hybridized carbons (Fsp3) is 0.526. The van der Waals surface area contributed by atoms with Crippen LogP contribution in [0.5, 0.6) is 5.75 Å². The fourth-order valence-electron chi connectivity index (χ4n) is 3.02. The maximum atomic E-state index is 12.6. The molecule has 1 fully saturated rings. The summed E-state index contributed by atoms with van der Waals surface area (Å²) in [6, 6.07) is 7.20. The Bertz CT molecular complexity index is 730. The predicted molar refractivity (Wildman–Crippen MR) is 102 cm³/mol. The van der Waals surface area contributed by atoms with Gasteiger partial charge in [-0.05, 0) is 45.0 Å². The van der Waals surface area contributed by atoms with Gasteiger partial charge in [-0.3, -0.25) is 9.69 Å². The third-order valence-electron chi connectivity index (χ3n) is 4.36. The van der Waals surface area contributed by atoms with Crippen molar-refractivity contribution < 1.29 is 19.1 Å². The number of benzene rings is 1. The minimum Gasteiger partial charge on any atom is -0.494 e. The van der Waals surface area contributed by atoms with Crippen LogP contribution in [0.25, 0.3) is 0 Å². The molecule has 1 saturated heterocycles. The van der Waals surface area contributed by atoms with Crippen molar-refractivity contribution >= 4 is 23.5 Å². The highest BCUT2D eigenvalue weighted by Gasteiger charge is 2.31. The van der Waals surface area contributed by atoms with Crippen LogP contribution in [0.1, 0.15) is 20.8 Å². The van der Waals surface area contributed by atoms with Crippen LogP contribution in [0.2, 0.25) is 0 Å². The summed E-state index contributed by atoms with van der Waals surface area (Å²) in [5.41, 5.74) is 0.478. The number of urea groups is 1. The second-order valence-corrected chi connectivity index (χ2v) is 7.13. The number of amides is 3. The number of anilines is 1. The molecule has 1 N–H and O–H groups in total. The van der Waals surface area contributed by atoms with Gasteiger partial charge < -0.3 is 19.7 Å². The topological polar surface area (TPSA) is 83.5 Å². The molecule has 0 aromatic heterocycles. The number of rotatable bonds is 7. The molecule has 3 rings (SSSR count). The summed E-state index contributed by atoms with van der Waals surface area (Å²) in [6.07, 6.45) is 0. The van der Waals surface area contributed by atoms with Crippen molar-refractivity contribution in [2.75, 3.05) is 44.2 Å². The zero-order chi connectivity index (χ0) is 19.4. The van der Waals surface area contributed by atoms with E-state index < -0.39 is 0 Å². The summed E-state index contributed by atoms with van der Waals surface area (Å²) >= 11 is 0. The molecular weight excluding hydrogens is 348 g/mol. The number of hydrogen-bond donors (Lipinski definition) is 1. The van der Waals surface area contributed by atoms with E-state index in [1.807, 2.05) is 45.0 Å². The van der Waals surface area contributed by atoms with Crippen LogP contribution >= 0.6 is 0 Å². The van der Waals surface area contributed by atoms with Gasteiger partial charge in [0.15, 0.2) is 0 Å². The van der Waals surface area contributed by atoms with Crippen molar-refractivity contribution in [3.05, 3.63) is 24.3 Å². The van der Waals surface area contributed by atoms with Crippen LogP contribution in [0.3, 0.4) is 0 Å². The Morgan fingerprint density at radius 3 is 2.67 bits per heavy atom. The monoisotopic (exact) mass is 374 g/mol. The summed E-state index contributed by atoms with van der Waals surface area (Å²) < 4.78 is 11.0. The van der Waals surface area contributed by atoms with Gasteiger partial charge in [0.2, 0.25) is 11.8 Å². The number of hydrogen-bond acceptors (Lipinski definition) is 5. The van der Waals surface area contributed by atoms with Crippen LogP contribution in [-0.2, 0) is 9.53 Å². The molecule has 3 amide bonds. The molecule has 2 heterocycles. The van der Waals surface area contributed by atoms with Crippen molar-refractivity contribution in [3.8, 4) is 5.75 Å². The fourth-order valence-corrected chi connectivity index (χ4v) is 3.02. The van der Waals surface area contributed by atoms with E-state index in [2.05, 4.69) is 10.3 Å². The standard InChI is InChI=1S/C19H26N4O4/c1-4-26-15-7-5-14(6-8-15)23-10-9-22(18(23)25)12-16(24)20-11-17-21-13-19(2,3)27-17/h5-8H,4,9-13H2,1-3H3,(H,20,24). The van der Waals surface area contributed by atoms with Crippen LogP contribution < -0.4 is 15.0 Å². The lowest BCUT2D eigenvalue weighted by Gasteiger charge is -2.19. The smallest absolute Gasteiger partial charge is 0.325 e. The van der Waals surface area contributed by atoms with Gasteiger partial charge >= 0.3 is 6.03 Å². The lowest BCUT2D eigenvalue weighted by atomic mass is 10.1. The molecule has 1 aromatic carbocycles. The van der Waals surface area contributed by atoms with Crippen molar-refractivity contribution in [3.63, 3.8) is 0 Å². The van der Waals surface area contributed by atoms with Crippen molar-refractivity contribution in [1.29, 1.82) is 0 Å². The van der Waals surface area contributed by atoms with E-state index in [-0.39, 0.29) is 30.6 Å². The number of carbonyl (C=O) groups excluding carboxylic acids is 2. The summed E-state index contributed by atoms with van der Waals surface area (Å²) in [5.74, 6) is 1.06. The summed E-state index contributed by atoms with van der Waals surface area (Å²) in [7, 11) is 0. The zero-order valence-corrected chi connectivity index (χ0v) is 16.0. The lowest BCUT2D eigenvalue weighted by molar-refractivity contribution is -0.121. The van der Waals surface area contributed by atoms with Crippen LogP contribution in [-0.4, -0.2) is 67.7 Å².